The van der Waals surface area contributed by atoms with Gasteiger partial charge in [-0.15, -0.1) is 0 Å². The molecule has 0 N–H and O–H groups in total. The van der Waals surface area contributed by atoms with Crippen molar-refractivity contribution in [2.75, 3.05) is 0 Å². The van der Waals surface area contributed by atoms with Gasteiger partial charge in [0.2, 0.25) is 0 Å². The van der Waals surface area contributed by atoms with Crippen molar-refractivity contribution in [2.24, 2.45) is 0 Å². The number of pyridine rings is 1. The van der Waals surface area contributed by atoms with Crippen LogP contribution in [0, 0.1) is 10.1 Å². The summed E-state index contributed by atoms with van der Waals surface area (Å²) >= 11 is 11.7. The molecule has 6 heteroatoms. The Morgan fingerprint density at radius 2 is 1.82 bits per heavy atom. The molecule has 4 nitrogen and oxygen atoms in total. The van der Waals surface area contributed by atoms with E-state index in [0.717, 1.165) is 0 Å². The van der Waals surface area contributed by atoms with E-state index >= 15 is 0 Å². The van der Waals surface area contributed by atoms with Gasteiger partial charge in [-0.3, -0.25) is 10.1 Å². The van der Waals surface area contributed by atoms with Crippen LogP contribution in [0.15, 0.2) is 36.4 Å². The molecule has 1 aromatic heterocycles. The van der Waals surface area contributed by atoms with Gasteiger partial charge in [0.1, 0.15) is 5.15 Å². The first kappa shape index (κ1) is 11.8. The zero-order valence-electron chi connectivity index (χ0n) is 8.43. The molecule has 0 unspecified atom stereocenters. The maximum atomic E-state index is 10.9. The average molecular weight is 269 g/mol. The van der Waals surface area contributed by atoms with E-state index in [-0.39, 0.29) is 16.5 Å². The zero-order chi connectivity index (χ0) is 12.4. The molecule has 0 spiro atoms. The van der Waals surface area contributed by atoms with Gasteiger partial charge >= 0.3 is 0 Å². The lowest BCUT2D eigenvalue weighted by molar-refractivity contribution is -0.384. The summed E-state index contributed by atoms with van der Waals surface area (Å²) in [6, 6.07) is 9.46. The third kappa shape index (κ3) is 2.38. The first-order valence-electron chi connectivity index (χ1n) is 4.65. The van der Waals surface area contributed by atoms with Gasteiger partial charge in [-0.05, 0) is 12.1 Å². The van der Waals surface area contributed by atoms with Gasteiger partial charge in [0, 0.05) is 11.6 Å². The highest BCUT2D eigenvalue weighted by molar-refractivity contribution is 6.33. The van der Waals surface area contributed by atoms with Gasteiger partial charge < -0.3 is 0 Å². The number of nitrogens with zero attached hydrogens (tertiary/aromatic N) is 2. The number of halogens is 2. The lowest BCUT2D eigenvalue weighted by atomic mass is 10.1. The van der Waals surface area contributed by atoms with E-state index in [2.05, 4.69) is 4.98 Å². The minimum absolute atomic E-state index is 0.123. The van der Waals surface area contributed by atoms with Crippen LogP contribution in [0.4, 0.5) is 5.69 Å². The maximum Gasteiger partial charge on any atom is 0.295 e. The second-order valence-electron chi connectivity index (χ2n) is 3.24. The lowest BCUT2D eigenvalue weighted by Gasteiger charge is -2.04. The third-order valence-corrected chi connectivity index (χ3v) is 2.71. The van der Waals surface area contributed by atoms with Crippen LogP contribution in [-0.4, -0.2) is 9.91 Å². The second-order valence-corrected chi connectivity index (χ2v) is 4.03. The predicted octanol–water partition coefficient (Wildman–Crippen LogP) is 3.96. The topological polar surface area (TPSA) is 56.0 Å². The fourth-order valence-electron chi connectivity index (χ4n) is 1.43. The smallest absolute Gasteiger partial charge is 0.258 e. The summed E-state index contributed by atoms with van der Waals surface area (Å²) in [7, 11) is 0. The number of nitro groups is 1. The molecule has 0 fully saturated rings. The van der Waals surface area contributed by atoms with Crippen LogP contribution in [-0.2, 0) is 0 Å². The quantitative estimate of drug-likeness (QED) is 0.471. The SMILES string of the molecule is O=[N+]([O-])c1ccc(Cl)nc1-c1ccccc1Cl. The molecule has 2 rings (SSSR count). The summed E-state index contributed by atoms with van der Waals surface area (Å²) in [5, 5.41) is 11.5. The second kappa shape index (κ2) is 4.69. The van der Waals surface area contributed by atoms with Crippen molar-refractivity contribution in [3.63, 3.8) is 0 Å². The molecular formula is C11H6Cl2N2O2. The first-order valence-corrected chi connectivity index (χ1v) is 5.41. The molecule has 0 amide bonds. The molecule has 0 aliphatic heterocycles. The van der Waals surface area contributed by atoms with Crippen LogP contribution in [0.3, 0.4) is 0 Å². The fraction of sp³-hybridized carbons (Fsp3) is 0. The Labute approximate surface area is 107 Å². The summed E-state index contributed by atoms with van der Waals surface area (Å²) in [4.78, 5) is 14.3. The van der Waals surface area contributed by atoms with Crippen molar-refractivity contribution in [2.45, 2.75) is 0 Å². The van der Waals surface area contributed by atoms with Crippen molar-refractivity contribution in [3.05, 3.63) is 56.7 Å². The normalized spacial score (nSPS) is 10.2. The van der Waals surface area contributed by atoms with Gasteiger partial charge in [0.15, 0.2) is 5.69 Å². The first-order chi connectivity index (χ1) is 8.09. The minimum Gasteiger partial charge on any atom is -0.258 e. The average Bonchev–Trinajstić information content (AvgIpc) is 2.29. The molecule has 0 saturated heterocycles. The number of hydrogen-bond acceptors (Lipinski definition) is 3. The molecule has 17 heavy (non-hydrogen) atoms. The summed E-state index contributed by atoms with van der Waals surface area (Å²) in [5.74, 6) is 0. The summed E-state index contributed by atoms with van der Waals surface area (Å²) in [6.07, 6.45) is 0. The number of benzene rings is 1. The molecular weight excluding hydrogens is 263 g/mol. The van der Waals surface area contributed by atoms with Gasteiger partial charge in [-0.1, -0.05) is 41.4 Å². The van der Waals surface area contributed by atoms with Crippen molar-refractivity contribution < 1.29 is 4.92 Å². The van der Waals surface area contributed by atoms with E-state index in [1.165, 1.54) is 12.1 Å². The predicted molar refractivity (Wildman–Crippen MR) is 66.3 cm³/mol. The Morgan fingerprint density at radius 3 is 2.47 bits per heavy atom. The number of aromatic nitrogens is 1. The van der Waals surface area contributed by atoms with Crippen LogP contribution in [0.25, 0.3) is 11.3 Å². The Morgan fingerprint density at radius 1 is 1.12 bits per heavy atom. The van der Waals surface area contributed by atoms with E-state index in [4.69, 9.17) is 23.2 Å². The van der Waals surface area contributed by atoms with Crippen molar-refractivity contribution >= 4 is 28.9 Å². The Kier molecular flexibility index (Phi) is 3.26. The van der Waals surface area contributed by atoms with Crippen molar-refractivity contribution in [1.29, 1.82) is 0 Å². The van der Waals surface area contributed by atoms with Crippen LogP contribution in [0.1, 0.15) is 0 Å². The highest BCUT2D eigenvalue weighted by atomic mass is 35.5. The molecule has 2 aromatic rings. The molecule has 0 atom stereocenters. The summed E-state index contributed by atoms with van der Waals surface area (Å²) in [5.41, 5.74) is 0.541. The molecule has 0 aliphatic carbocycles. The Bertz CT molecular complexity index is 587. The van der Waals surface area contributed by atoms with E-state index in [9.17, 15) is 10.1 Å². The molecule has 0 saturated carbocycles. The minimum atomic E-state index is -0.512. The Balaban J connectivity index is 2.70. The van der Waals surface area contributed by atoms with Gasteiger partial charge in [0.25, 0.3) is 5.69 Å². The standard InChI is InChI=1S/C11H6Cl2N2O2/c12-8-4-2-1-3-7(8)11-9(15(16)17)5-6-10(13)14-11/h1-6H. The van der Waals surface area contributed by atoms with E-state index < -0.39 is 4.92 Å². The molecule has 0 radical (unpaired) electrons. The highest BCUT2D eigenvalue weighted by Crippen LogP contribution is 2.33. The third-order valence-electron chi connectivity index (χ3n) is 2.17. The van der Waals surface area contributed by atoms with E-state index in [0.29, 0.717) is 10.6 Å². The van der Waals surface area contributed by atoms with Crippen LogP contribution < -0.4 is 0 Å². The van der Waals surface area contributed by atoms with E-state index in [1.807, 2.05) is 0 Å². The van der Waals surface area contributed by atoms with Gasteiger partial charge in [0.05, 0.1) is 9.95 Å². The monoisotopic (exact) mass is 268 g/mol. The van der Waals surface area contributed by atoms with Crippen LogP contribution in [0.2, 0.25) is 10.2 Å². The maximum absolute atomic E-state index is 10.9. The molecule has 0 aliphatic rings. The van der Waals surface area contributed by atoms with Crippen molar-refractivity contribution in [1.82, 2.24) is 4.98 Å². The molecule has 1 heterocycles. The van der Waals surface area contributed by atoms with Crippen LogP contribution >= 0.6 is 23.2 Å². The molecule has 86 valence electrons. The summed E-state index contributed by atoms with van der Waals surface area (Å²) in [6.45, 7) is 0. The fourth-order valence-corrected chi connectivity index (χ4v) is 1.80. The molecule has 1 aromatic carbocycles. The zero-order valence-corrected chi connectivity index (χ0v) is 9.94. The van der Waals surface area contributed by atoms with Gasteiger partial charge in [-0.2, -0.15) is 0 Å². The highest BCUT2D eigenvalue weighted by Gasteiger charge is 2.19. The van der Waals surface area contributed by atoms with Crippen LogP contribution in [0.5, 0.6) is 0 Å². The van der Waals surface area contributed by atoms with E-state index in [1.54, 1.807) is 24.3 Å². The van der Waals surface area contributed by atoms with Crippen molar-refractivity contribution in [3.8, 4) is 11.3 Å². The molecule has 0 bridgehead atoms. The lowest BCUT2D eigenvalue weighted by Crippen LogP contribution is -1.95. The van der Waals surface area contributed by atoms with Gasteiger partial charge in [-0.25, -0.2) is 4.98 Å². The largest absolute Gasteiger partial charge is 0.295 e. The Hall–Kier alpha value is -1.65. The summed E-state index contributed by atoms with van der Waals surface area (Å²) < 4.78 is 0. The number of rotatable bonds is 2. The number of hydrogen-bond donors (Lipinski definition) is 0.